The van der Waals surface area contributed by atoms with E-state index in [9.17, 15) is 22.3 Å². The minimum Gasteiger partial charge on any atom is -0.393 e. The van der Waals surface area contributed by atoms with Crippen LogP contribution in [-0.4, -0.2) is 65.3 Å². The third kappa shape index (κ3) is 5.51. The lowest BCUT2D eigenvalue weighted by Crippen LogP contribution is -2.17. The number of pyridine rings is 1. The van der Waals surface area contributed by atoms with Crippen molar-refractivity contribution < 1.29 is 22.3 Å². The van der Waals surface area contributed by atoms with E-state index >= 15 is 0 Å². The lowest BCUT2D eigenvalue weighted by molar-refractivity contribution is 0.0568. The van der Waals surface area contributed by atoms with Crippen LogP contribution < -0.4 is 10.6 Å². The Morgan fingerprint density at radius 3 is 2.67 bits per heavy atom. The highest BCUT2D eigenvalue weighted by atomic mass is 32.2. The fourth-order valence-electron chi connectivity index (χ4n) is 4.73. The van der Waals surface area contributed by atoms with Crippen LogP contribution in [0.2, 0.25) is 0 Å². The van der Waals surface area contributed by atoms with Crippen molar-refractivity contribution in [1.82, 2.24) is 33.9 Å². The molecule has 4 aromatic heterocycles. The van der Waals surface area contributed by atoms with E-state index in [1.807, 2.05) is 0 Å². The van der Waals surface area contributed by atoms with Crippen LogP contribution >= 0.6 is 0 Å². The zero-order valence-electron chi connectivity index (χ0n) is 21.2. The second kappa shape index (κ2) is 10.5. The van der Waals surface area contributed by atoms with Gasteiger partial charge in [0.2, 0.25) is 0 Å². The Balaban J connectivity index is 1.24. The molecule has 15 heteroatoms. The first-order valence-corrected chi connectivity index (χ1v) is 14.4. The van der Waals surface area contributed by atoms with E-state index in [1.54, 1.807) is 18.3 Å². The van der Waals surface area contributed by atoms with E-state index in [2.05, 4.69) is 35.8 Å². The molecule has 0 saturated heterocycles. The average Bonchev–Trinajstić information content (AvgIpc) is 3.30. The van der Waals surface area contributed by atoms with E-state index in [0.29, 0.717) is 64.6 Å². The fraction of sp³-hybridized carbons (Fsp3) is 0.400. The molecule has 0 amide bonds. The Kier molecular flexibility index (Phi) is 6.92. The highest BCUT2D eigenvalue weighted by Crippen LogP contribution is 2.33. The van der Waals surface area contributed by atoms with Crippen molar-refractivity contribution in [3.63, 3.8) is 0 Å². The zero-order valence-corrected chi connectivity index (χ0v) is 22.0. The molecule has 0 aliphatic heterocycles. The number of halogens is 2. The maximum atomic E-state index is 13.1. The summed E-state index contributed by atoms with van der Waals surface area (Å²) in [5.41, 5.74) is 1.98. The van der Waals surface area contributed by atoms with Crippen LogP contribution in [0.3, 0.4) is 0 Å². The monoisotopic (exact) mass is 571 g/mol. The van der Waals surface area contributed by atoms with E-state index in [0.717, 1.165) is 16.9 Å². The Bertz CT molecular complexity index is 1620. The molecule has 210 valence electrons. The summed E-state index contributed by atoms with van der Waals surface area (Å²) in [6.07, 6.45) is 10.4. The Hall–Kier alpha value is -3.98. The molecule has 0 spiro atoms. The number of hydrogen-bond acceptors (Lipinski definition) is 10. The summed E-state index contributed by atoms with van der Waals surface area (Å²) in [7, 11) is -3.51. The van der Waals surface area contributed by atoms with Gasteiger partial charge in [-0.15, -0.1) is 0 Å². The van der Waals surface area contributed by atoms with Gasteiger partial charge in [0.25, 0.3) is 10.0 Å². The Labute approximate surface area is 228 Å². The molecule has 6 rings (SSSR count). The summed E-state index contributed by atoms with van der Waals surface area (Å²) in [4.78, 5) is 13.2. The van der Waals surface area contributed by atoms with Gasteiger partial charge in [-0.3, -0.25) is 0 Å². The average molecular weight is 572 g/mol. The van der Waals surface area contributed by atoms with E-state index in [1.165, 1.54) is 30.9 Å². The lowest BCUT2D eigenvalue weighted by atomic mass is 10.1. The van der Waals surface area contributed by atoms with Crippen molar-refractivity contribution in [3.8, 4) is 22.6 Å². The number of rotatable bonds is 10. The molecule has 2 aliphatic carbocycles. The molecule has 0 aromatic carbocycles. The predicted molar refractivity (Wildman–Crippen MR) is 142 cm³/mol. The largest absolute Gasteiger partial charge is 0.393 e. The molecule has 2 saturated carbocycles. The first kappa shape index (κ1) is 26.3. The van der Waals surface area contributed by atoms with Gasteiger partial charge in [0.15, 0.2) is 5.82 Å². The van der Waals surface area contributed by atoms with Crippen LogP contribution in [0.1, 0.15) is 38.7 Å². The van der Waals surface area contributed by atoms with Gasteiger partial charge >= 0.3 is 6.55 Å². The van der Waals surface area contributed by atoms with Crippen molar-refractivity contribution in [2.75, 3.05) is 17.2 Å². The topological polar surface area (TPSA) is 153 Å². The SMILES string of the molecule is O=S(=O)(C1CC1)n1cc(-c2nccc(Nc3cc(NCC4CCC(O)C4)c(-c4ccn(C(F)F)n4)cn3)n2)cn1. The number of anilines is 3. The van der Waals surface area contributed by atoms with Gasteiger partial charge in [0.05, 0.1) is 35.0 Å². The van der Waals surface area contributed by atoms with Crippen LogP contribution in [0.5, 0.6) is 0 Å². The Morgan fingerprint density at radius 2 is 1.95 bits per heavy atom. The Morgan fingerprint density at radius 1 is 1.10 bits per heavy atom. The van der Waals surface area contributed by atoms with Crippen molar-refractivity contribution in [2.24, 2.45) is 5.92 Å². The minimum atomic E-state index is -3.51. The highest BCUT2D eigenvalue weighted by molar-refractivity contribution is 7.90. The summed E-state index contributed by atoms with van der Waals surface area (Å²) in [6.45, 7) is -2.17. The maximum absolute atomic E-state index is 13.1. The molecule has 2 unspecified atom stereocenters. The smallest absolute Gasteiger partial charge is 0.333 e. The number of hydrogen-bond donors (Lipinski definition) is 3. The predicted octanol–water partition coefficient (Wildman–Crippen LogP) is 3.65. The summed E-state index contributed by atoms with van der Waals surface area (Å²) in [5.74, 6) is 1.41. The molecular formula is C25H27F2N9O3S. The van der Waals surface area contributed by atoms with Crippen LogP contribution in [0.4, 0.5) is 26.1 Å². The second-order valence-electron chi connectivity index (χ2n) is 10.0. The van der Waals surface area contributed by atoms with Crippen molar-refractivity contribution in [2.45, 2.75) is 50.0 Å². The van der Waals surface area contributed by atoms with E-state index < -0.39 is 21.8 Å². The van der Waals surface area contributed by atoms with Crippen LogP contribution in [0, 0.1) is 5.92 Å². The maximum Gasteiger partial charge on any atom is 0.333 e. The van der Waals surface area contributed by atoms with Gasteiger partial charge in [-0.25, -0.2) is 28.1 Å². The van der Waals surface area contributed by atoms with Gasteiger partial charge in [0.1, 0.15) is 11.6 Å². The van der Waals surface area contributed by atoms with Gasteiger partial charge < -0.3 is 15.7 Å². The molecule has 4 aromatic rings. The molecule has 2 fully saturated rings. The first-order valence-electron chi connectivity index (χ1n) is 12.9. The number of aliphatic hydroxyl groups excluding tert-OH is 1. The second-order valence-corrected chi connectivity index (χ2v) is 12.1. The number of nitrogens with one attached hydrogen (secondary N) is 2. The van der Waals surface area contributed by atoms with Gasteiger partial charge in [0, 0.05) is 42.5 Å². The van der Waals surface area contributed by atoms with E-state index in [-0.39, 0.29) is 17.8 Å². The molecule has 12 nitrogen and oxygen atoms in total. The molecule has 2 aliphatic rings. The summed E-state index contributed by atoms with van der Waals surface area (Å²) >= 11 is 0. The third-order valence-corrected chi connectivity index (χ3v) is 9.05. The minimum absolute atomic E-state index is 0.278. The van der Waals surface area contributed by atoms with Crippen LogP contribution in [-0.2, 0) is 10.0 Å². The highest BCUT2D eigenvalue weighted by Gasteiger charge is 2.37. The molecule has 40 heavy (non-hydrogen) atoms. The quantitative estimate of drug-likeness (QED) is 0.257. The van der Waals surface area contributed by atoms with Crippen molar-refractivity contribution in [1.29, 1.82) is 0 Å². The normalized spacial score (nSPS) is 19.3. The van der Waals surface area contributed by atoms with Crippen LogP contribution in [0.15, 0.2) is 49.2 Å². The summed E-state index contributed by atoms with van der Waals surface area (Å²) in [5, 5.41) is 24.0. The number of nitrogens with zero attached hydrogens (tertiary/aromatic N) is 7. The molecule has 2 atom stereocenters. The van der Waals surface area contributed by atoms with Crippen molar-refractivity contribution in [3.05, 3.63) is 49.2 Å². The number of aromatic nitrogens is 7. The molecule has 4 heterocycles. The standard InChI is InChI=1S/C25H27F2N9O3S/c26-25(27)35-8-6-20(34-35)19-13-30-23(10-21(19)29-11-15-1-2-17(37)9-15)32-22-5-7-28-24(33-22)16-12-31-36(14-16)40(38,39)18-3-4-18/h5-8,10,12-15,17-18,25,37H,1-4,9,11H2,(H2,28,29,30,32,33). The lowest BCUT2D eigenvalue weighted by Gasteiger charge is -2.16. The number of alkyl halides is 2. The van der Waals surface area contributed by atoms with E-state index in [4.69, 9.17) is 0 Å². The summed E-state index contributed by atoms with van der Waals surface area (Å²) in [6, 6.07) is 4.88. The molecular weight excluding hydrogens is 544 g/mol. The number of aliphatic hydroxyl groups is 1. The van der Waals surface area contributed by atoms with Crippen LogP contribution in [0.25, 0.3) is 22.6 Å². The van der Waals surface area contributed by atoms with Gasteiger partial charge in [-0.05, 0) is 50.2 Å². The first-order chi connectivity index (χ1) is 19.3. The summed E-state index contributed by atoms with van der Waals surface area (Å²) < 4.78 is 52.8. The molecule has 0 radical (unpaired) electrons. The molecule has 0 bridgehead atoms. The zero-order chi connectivity index (χ0) is 27.9. The van der Waals surface area contributed by atoms with Gasteiger partial charge in [-0.1, -0.05) is 0 Å². The fourth-order valence-corrected chi connectivity index (χ4v) is 6.21. The molecule has 3 N–H and O–H groups in total. The van der Waals surface area contributed by atoms with Crippen molar-refractivity contribution >= 4 is 27.3 Å². The van der Waals surface area contributed by atoms with Gasteiger partial charge in [-0.2, -0.15) is 23.1 Å². The third-order valence-electron chi connectivity index (χ3n) is 7.02.